The van der Waals surface area contributed by atoms with E-state index in [0.29, 0.717) is 6.04 Å². The van der Waals surface area contributed by atoms with Crippen molar-refractivity contribution in [3.05, 3.63) is 29.8 Å². The molecule has 2 nitrogen and oxygen atoms in total. The molecular weight excluding hydrogens is 266 g/mol. The molecule has 0 heterocycles. The van der Waals surface area contributed by atoms with Gasteiger partial charge >= 0.3 is 0 Å². The summed E-state index contributed by atoms with van der Waals surface area (Å²) in [6, 6.07) is 9.11. The second-order valence-corrected chi connectivity index (χ2v) is 6.93. The maximum Gasteiger partial charge on any atom is 0.0652 e. The van der Waals surface area contributed by atoms with E-state index in [4.69, 9.17) is 0 Å². The Labute approximate surface area is 127 Å². The van der Waals surface area contributed by atoms with Crippen LogP contribution in [0.3, 0.4) is 0 Å². The number of benzene rings is 1. The van der Waals surface area contributed by atoms with Crippen molar-refractivity contribution in [3.8, 4) is 0 Å². The normalized spacial score (nSPS) is 20.4. The van der Waals surface area contributed by atoms with Crippen molar-refractivity contribution in [3.63, 3.8) is 0 Å². The highest BCUT2D eigenvalue weighted by Gasteiger charge is 2.28. The van der Waals surface area contributed by atoms with E-state index >= 15 is 0 Å². The maximum atomic E-state index is 9.90. The van der Waals surface area contributed by atoms with Crippen molar-refractivity contribution in [2.45, 2.75) is 61.9 Å². The van der Waals surface area contributed by atoms with Gasteiger partial charge in [0.15, 0.2) is 0 Å². The van der Waals surface area contributed by atoms with Crippen LogP contribution in [0.15, 0.2) is 29.2 Å². The number of nitrogens with one attached hydrogen (secondary N) is 1. The fraction of sp³-hybridized carbons (Fsp3) is 0.647. The highest BCUT2D eigenvalue weighted by molar-refractivity contribution is 7.98. The lowest BCUT2D eigenvalue weighted by atomic mass is 9.91. The zero-order valence-electron chi connectivity index (χ0n) is 12.7. The summed E-state index contributed by atoms with van der Waals surface area (Å²) in [7, 11) is 0. The standard InChI is InChI=1S/C17H27NOS/c1-17(13-19,14-9-11-16(20-2)12-10-14)18-15-7-5-3-4-6-8-15/h9-12,15,18-19H,3-8,13H2,1-2H3. The molecule has 0 radical (unpaired) electrons. The Bertz CT molecular complexity index is 398. The van der Waals surface area contributed by atoms with Gasteiger partial charge in [0, 0.05) is 10.9 Å². The number of rotatable bonds is 5. The fourth-order valence-electron chi connectivity index (χ4n) is 3.05. The van der Waals surface area contributed by atoms with Gasteiger partial charge in [-0.05, 0) is 43.7 Å². The minimum atomic E-state index is -0.327. The summed E-state index contributed by atoms with van der Waals surface area (Å²) < 4.78 is 0. The van der Waals surface area contributed by atoms with Crippen LogP contribution in [0.25, 0.3) is 0 Å². The first-order valence-electron chi connectivity index (χ1n) is 7.71. The summed E-state index contributed by atoms with van der Waals surface area (Å²) in [5, 5.41) is 13.6. The molecule has 1 aliphatic rings. The molecule has 2 rings (SSSR count). The predicted octanol–water partition coefficient (Wildman–Crippen LogP) is 3.93. The third-order valence-electron chi connectivity index (χ3n) is 4.42. The summed E-state index contributed by atoms with van der Waals surface area (Å²) in [6.07, 6.45) is 9.89. The van der Waals surface area contributed by atoms with Gasteiger partial charge in [0.25, 0.3) is 0 Å². The number of hydrogen-bond donors (Lipinski definition) is 2. The molecule has 0 aromatic heterocycles. The van der Waals surface area contributed by atoms with Crippen LogP contribution in [-0.2, 0) is 5.54 Å². The molecule has 0 saturated heterocycles. The zero-order valence-corrected chi connectivity index (χ0v) is 13.5. The van der Waals surface area contributed by atoms with E-state index in [1.165, 1.54) is 49.0 Å². The lowest BCUT2D eigenvalue weighted by Crippen LogP contribution is -2.48. The first kappa shape index (κ1) is 15.9. The number of thioether (sulfide) groups is 1. The van der Waals surface area contributed by atoms with Crippen LogP contribution in [0.4, 0.5) is 0 Å². The average Bonchev–Trinajstić information content (AvgIpc) is 2.75. The highest BCUT2D eigenvalue weighted by Crippen LogP contribution is 2.27. The van der Waals surface area contributed by atoms with E-state index in [1.54, 1.807) is 11.8 Å². The van der Waals surface area contributed by atoms with Gasteiger partial charge in [0.2, 0.25) is 0 Å². The Kier molecular flexibility index (Phi) is 5.94. The monoisotopic (exact) mass is 293 g/mol. The number of aliphatic hydroxyl groups is 1. The van der Waals surface area contributed by atoms with Gasteiger partial charge in [0.05, 0.1) is 12.1 Å². The minimum Gasteiger partial charge on any atom is -0.394 e. The SMILES string of the molecule is CSc1ccc(C(C)(CO)NC2CCCCCC2)cc1. The van der Waals surface area contributed by atoms with E-state index < -0.39 is 0 Å². The van der Waals surface area contributed by atoms with E-state index in [2.05, 4.69) is 42.8 Å². The van der Waals surface area contributed by atoms with Crippen LogP contribution in [0, 0.1) is 0 Å². The largest absolute Gasteiger partial charge is 0.394 e. The number of hydrogen-bond acceptors (Lipinski definition) is 3. The van der Waals surface area contributed by atoms with E-state index in [1.807, 2.05) is 0 Å². The van der Waals surface area contributed by atoms with Gasteiger partial charge in [0.1, 0.15) is 0 Å². The van der Waals surface area contributed by atoms with Gasteiger partial charge < -0.3 is 10.4 Å². The van der Waals surface area contributed by atoms with Gasteiger partial charge in [-0.15, -0.1) is 11.8 Å². The molecule has 2 N–H and O–H groups in total. The molecule has 0 amide bonds. The minimum absolute atomic E-state index is 0.141. The molecule has 0 bridgehead atoms. The summed E-state index contributed by atoms with van der Waals surface area (Å²) in [4.78, 5) is 1.27. The van der Waals surface area contributed by atoms with E-state index in [0.717, 1.165) is 0 Å². The molecule has 112 valence electrons. The molecule has 1 atom stereocenters. The van der Waals surface area contributed by atoms with Gasteiger partial charge in [-0.25, -0.2) is 0 Å². The Balaban J connectivity index is 2.09. The van der Waals surface area contributed by atoms with Crippen LogP contribution in [0.1, 0.15) is 51.0 Å². The smallest absolute Gasteiger partial charge is 0.0652 e. The summed E-state index contributed by atoms with van der Waals surface area (Å²) in [5.74, 6) is 0. The van der Waals surface area contributed by atoms with Crippen molar-refractivity contribution >= 4 is 11.8 Å². The summed E-state index contributed by atoms with van der Waals surface area (Å²) >= 11 is 1.75. The van der Waals surface area contributed by atoms with E-state index in [-0.39, 0.29) is 12.1 Å². The zero-order chi connectivity index (χ0) is 14.4. The van der Waals surface area contributed by atoms with Crippen molar-refractivity contribution in [2.75, 3.05) is 12.9 Å². The fourth-order valence-corrected chi connectivity index (χ4v) is 3.46. The second-order valence-electron chi connectivity index (χ2n) is 6.05. The van der Waals surface area contributed by atoms with Crippen LogP contribution in [0.2, 0.25) is 0 Å². The van der Waals surface area contributed by atoms with Crippen LogP contribution >= 0.6 is 11.8 Å². The molecule has 1 fully saturated rings. The van der Waals surface area contributed by atoms with E-state index in [9.17, 15) is 5.11 Å². The highest BCUT2D eigenvalue weighted by atomic mass is 32.2. The maximum absolute atomic E-state index is 9.90. The molecular formula is C17H27NOS. The van der Waals surface area contributed by atoms with Crippen LogP contribution in [0.5, 0.6) is 0 Å². The van der Waals surface area contributed by atoms with Crippen molar-refractivity contribution in [1.29, 1.82) is 0 Å². The third kappa shape index (κ3) is 4.00. The Morgan fingerprint density at radius 3 is 2.25 bits per heavy atom. The summed E-state index contributed by atoms with van der Waals surface area (Å²) in [5.41, 5.74) is 0.855. The van der Waals surface area contributed by atoms with Crippen molar-refractivity contribution < 1.29 is 5.11 Å². The molecule has 1 aromatic rings. The quantitative estimate of drug-likeness (QED) is 0.637. The molecule has 0 aliphatic heterocycles. The number of aliphatic hydroxyl groups excluding tert-OH is 1. The first-order chi connectivity index (χ1) is 9.68. The van der Waals surface area contributed by atoms with Crippen molar-refractivity contribution in [1.82, 2.24) is 5.32 Å². The average molecular weight is 293 g/mol. The Hall–Kier alpha value is -0.510. The topological polar surface area (TPSA) is 32.3 Å². The molecule has 3 heteroatoms. The third-order valence-corrected chi connectivity index (χ3v) is 5.16. The predicted molar refractivity (Wildman–Crippen MR) is 87.3 cm³/mol. The molecule has 1 aliphatic carbocycles. The molecule has 20 heavy (non-hydrogen) atoms. The van der Waals surface area contributed by atoms with Gasteiger partial charge in [-0.1, -0.05) is 37.8 Å². The molecule has 0 spiro atoms. The van der Waals surface area contributed by atoms with Crippen molar-refractivity contribution in [2.24, 2.45) is 0 Å². The summed E-state index contributed by atoms with van der Waals surface area (Å²) in [6.45, 7) is 2.26. The first-order valence-corrected chi connectivity index (χ1v) is 8.93. The van der Waals surface area contributed by atoms with Gasteiger partial charge in [-0.3, -0.25) is 0 Å². The Morgan fingerprint density at radius 2 is 1.75 bits per heavy atom. The lowest BCUT2D eigenvalue weighted by Gasteiger charge is -2.34. The Morgan fingerprint density at radius 1 is 1.15 bits per heavy atom. The molecule has 1 saturated carbocycles. The van der Waals surface area contributed by atoms with Gasteiger partial charge in [-0.2, -0.15) is 0 Å². The van der Waals surface area contributed by atoms with Crippen LogP contribution in [-0.4, -0.2) is 24.0 Å². The molecule has 1 unspecified atom stereocenters. The lowest BCUT2D eigenvalue weighted by molar-refractivity contribution is 0.157. The molecule has 1 aromatic carbocycles. The second kappa shape index (κ2) is 7.48. The van der Waals surface area contributed by atoms with Crippen LogP contribution < -0.4 is 5.32 Å².